The Hall–Kier alpha value is -2.41. The minimum Gasteiger partial charge on any atom is -0.305 e. The smallest absolute Gasteiger partial charge is 0.270 e. The zero-order valence-electron chi connectivity index (χ0n) is 9.83. The van der Waals surface area contributed by atoms with Gasteiger partial charge in [0.05, 0.1) is 15.5 Å². The molecule has 0 aliphatic heterocycles. The highest BCUT2D eigenvalue weighted by atomic mass is 35.5. The fraction of sp³-hybridized carbons (Fsp3) is 0.0909. The van der Waals surface area contributed by atoms with E-state index in [1.165, 1.54) is 16.8 Å². The van der Waals surface area contributed by atoms with Gasteiger partial charge in [-0.15, -0.1) is 0 Å². The molecule has 8 heteroatoms. The molecule has 1 N–H and O–H groups in total. The number of amides is 1. The molecule has 7 nitrogen and oxygen atoms in total. The minimum absolute atomic E-state index is 0.0163. The Morgan fingerprint density at radius 2 is 2.21 bits per heavy atom. The predicted octanol–water partition coefficient (Wildman–Crippen LogP) is 2.23. The largest absolute Gasteiger partial charge is 0.305 e. The van der Waals surface area contributed by atoms with Crippen molar-refractivity contribution in [2.45, 2.75) is 0 Å². The fourth-order valence-electron chi connectivity index (χ4n) is 1.47. The molecule has 0 atom stereocenters. The number of aromatic nitrogens is 2. The normalized spacial score (nSPS) is 10.2. The van der Waals surface area contributed by atoms with Gasteiger partial charge in [0.25, 0.3) is 11.6 Å². The van der Waals surface area contributed by atoms with Crippen LogP contribution in [0.4, 0.5) is 11.5 Å². The first-order valence-electron chi connectivity index (χ1n) is 5.22. The number of carbonyl (C=O) groups is 1. The number of rotatable bonds is 3. The molecule has 0 radical (unpaired) electrons. The van der Waals surface area contributed by atoms with Gasteiger partial charge < -0.3 is 5.32 Å². The van der Waals surface area contributed by atoms with Crippen molar-refractivity contribution in [2.24, 2.45) is 7.05 Å². The molecular weight excluding hydrogens is 272 g/mol. The van der Waals surface area contributed by atoms with E-state index in [0.29, 0.717) is 5.82 Å². The van der Waals surface area contributed by atoms with Crippen LogP contribution in [-0.2, 0) is 7.05 Å². The zero-order chi connectivity index (χ0) is 14.0. The number of carbonyl (C=O) groups excluding carboxylic acids is 1. The van der Waals surface area contributed by atoms with Gasteiger partial charge in [-0.1, -0.05) is 11.6 Å². The Kier molecular flexibility index (Phi) is 3.48. The van der Waals surface area contributed by atoms with Gasteiger partial charge >= 0.3 is 0 Å². The van der Waals surface area contributed by atoms with Crippen LogP contribution in [0.5, 0.6) is 0 Å². The molecule has 19 heavy (non-hydrogen) atoms. The molecule has 0 saturated heterocycles. The molecule has 0 bridgehead atoms. The first-order chi connectivity index (χ1) is 8.97. The van der Waals surface area contributed by atoms with E-state index in [1.807, 2.05) is 0 Å². The van der Waals surface area contributed by atoms with Gasteiger partial charge in [0.2, 0.25) is 0 Å². The van der Waals surface area contributed by atoms with Crippen molar-refractivity contribution in [3.8, 4) is 0 Å². The number of anilines is 1. The van der Waals surface area contributed by atoms with Crippen LogP contribution in [0.3, 0.4) is 0 Å². The van der Waals surface area contributed by atoms with Crippen molar-refractivity contribution in [3.05, 3.63) is 51.2 Å². The van der Waals surface area contributed by atoms with Crippen molar-refractivity contribution >= 4 is 29.0 Å². The van der Waals surface area contributed by atoms with Crippen molar-refractivity contribution < 1.29 is 9.72 Å². The van der Waals surface area contributed by atoms with E-state index in [2.05, 4.69) is 10.4 Å². The van der Waals surface area contributed by atoms with E-state index >= 15 is 0 Å². The molecule has 1 aromatic heterocycles. The molecule has 1 aromatic carbocycles. The van der Waals surface area contributed by atoms with Crippen molar-refractivity contribution in [2.75, 3.05) is 5.32 Å². The lowest BCUT2D eigenvalue weighted by atomic mass is 10.2. The van der Waals surface area contributed by atoms with Gasteiger partial charge in [-0.3, -0.25) is 19.6 Å². The van der Waals surface area contributed by atoms with Crippen LogP contribution >= 0.6 is 11.6 Å². The highest BCUT2D eigenvalue weighted by Crippen LogP contribution is 2.23. The molecule has 1 heterocycles. The van der Waals surface area contributed by atoms with E-state index in [9.17, 15) is 14.9 Å². The maximum absolute atomic E-state index is 11.9. The van der Waals surface area contributed by atoms with Crippen molar-refractivity contribution in [3.63, 3.8) is 0 Å². The van der Waals surface area contributed by atoms with Crippen LogP contribution in [0.2, 0.25) is 5.02 Å². The first-order valence-corrected chi connectivity index (χ1v) is 5.60. The summed E-state index contributed by atoms with van der Waals surface area (Å²) in [5, 5.41) is 17.1. The number of nitro benzene ring substituents is 1. The van der Waals surface area contributed by atoms with E-state index in [4.69, 9.17) is 11.6 Å². The Labute approximate surface area is 112 Å². The molecule has 0 aliphatic carbocycles. The van der Waals surface area contributed by atoms with Crippen LogP contribution in [0.15, 0.2) is 30.5 Å². The molecular formula is C11H9ClN4O3. The second-order valence-electron chi connectivity index (χ2n) is 3.75. The van der Waals surface area contributed by atoms with Gasteiger partial charge in [-0.25, -0.2) is 0 Å². The molecule has 2 aromatic rings. The number of halogens is 1. The van der Waals surface area contributed by atoms with E-state index in [0.717, 1.165) is 6.07 Å². The van der Waals surface area contributed by atoms with Crippen LogP contribution < -0.4 is 5.32 Å². The standard InChI is InChI=1S/C11H9ClN4O3/c1-15-5-4-10(14-15)13-11(17)8-3-2-7(16(18)19)6-9(8)12/h2-6H,1H3,(H,13,14,17). The molecule has 0 unspecified atom stereocenters. The number of nitro groups is 1. The molecule has 0 saturated carbocycles. The predicted molar refractivity (Wildman–Crippen MR) is 69.3 cm³/mol. The maximum Gasteiger partial charge on any atom is 0.270 e. The SMILES string of the molecule is Cn1ccc(NC(=O)c2ccc([N+](=O)[O-])cc2Cl)n1. The highest BCUT2D eigenvalue weighted by molar-refractivity contribution is 6.34. The first kappa shape index (κ1) is 13.0. The second-order valence-corrected chi connectivity index (χ2v) is 4.16. The lowest BCUT2D eigenvalue weighted by Gasteiger charge is -2.04. The quantitative estimate of drug-likeness (QED) is 0.689. The number of nitrogens with one attached hydrogen (secondary N) is 1. The van der Waals surface area contributed by atoms with Gasteiger partial charge in [0.15, 0.2) is 5.82 Å². The maximum atomic E-state index is 11.9. The summed E-state index contributed by atoms with van der Waals surface area (Å²) in [6.07, 6.45) is 1.67. The molecule has 0 fully saturated rings. The van der Waals surface area contributed by atoms with E-state index in [-0.39, 0.29) is 16.3 Å². The molecule has 2 rings (SSSR count). The summed E-state index contributed by atoms with van der Waals surface area (Å²) in [6, 6.07) is 5.28. The molecule has 0 aliphatic rings. The van der Waals surface area contributed by atoms with Crippen molar-refractivity contribution in [1.82, 2.24) is 9.78 Å². The average Bonchev–Trinajstić information content (AvgIpc) is 2.74. The summed E-state index contributed by atoms with van der Waals surface area (Å²) < 4.78 is 1.53. The van der Waals surface area contributed by atoms with Crippen LogP contribution in [0.1, 0.15) is 10.4 Å². The lowest BCUT2D eigenvalue weighted by Crippen LogP contribution is -2.13. The third-order valence-electron chi connectivity index (χ3n) is 2.36. The lowest BCUT2D eigenvalue weighted by molar-refractivity contribution is -0.384. The van der Waals surface area contributed by atoms with Crippen molar-refractivity contribution in [1.29, 1.82) is 0 Å². The summed E-state index contributed by atoms with van der Waals surface area (Å²) in [5.41, 5.74) is -0.0164. The van der Waals surface area contributed by atoms with Gasteiger partial charge in [-0.2, -0.15) is 5.10 Å². The summed E-state index contributed by atoms with van der Waals surface area (Å²) in [4.78, 5) is 21.9. The Bertz CT molecular complexity index is 653. The Morgan fingerprint density at radius 3 is 2.74 bits per heavy atom. The Balaban J connectivity index is 2.22. The van der Waals surface area contributed by atoms with Crippen LogP contribution in [0.25, 0.3) is 0 Å². The molecule has 0 spiro atoms. The highest BCUT2D eigenvalue weighted by Gasteiger charge is 2.15. The van der Waals surface area contributed by atoms with Crippen LogP contribution in [-0.4, -0.2) is 20.6 Å². The zero-order valence-corrected chi connectivity index (χ0v) is 10.6. The third-order valence-corrected chi connectivity index (χ3v) is 2.68. The summed E-state index contributed by atoms with van der Waals surface area (Å²) in [7, 11) is 1.72. The minimum atomic E-state index is -0.577. The monoisotopic (exact) mass is 280 g/mol. The molecule has 1 amide bonds. The second kappa shape index (κ2) is 5.07. The van der Waals surface area contributed by atoms with Gasteiger partial charge in [-0.05, 0) is 6.07 Å². The van der Waals surface area contributed by atoms with E-state index < -0.39 is 10.8 Å². The summed E-state index contributed by atoms with van der Waals surface area (Å²) in [5.74, 6) is -0.0967. The summed E-state index contributed by atoms with van der Waals surface area (Å²) in [6.45, 7) is 0. The van der Waals surface area contributed by atoms with E-state index in [1.54, 1.807) is 19.3 Å². The third kappa shape index (κ3) is 2.89. The number of hydrogen-bond acceptors (Lipinski definition) is 4. The van der Waals surface area contributed by atoms with Gasteiger partial charge in [0, 0.05) is 31.4 Å². The fourth-order valence-corrected chi connectivity index (χ4v) is 1.73. The molecule has 98 valence electrons. The topological polar surface area (TPSA) is 90.1 Å². The van der Waals surface area contributed by atoms with Crippen LogP contribution in [0, 0.1) is 10.1 Å². The number of hydrogen-bond donors (Lipinski definition) is 1. The number of benzene rings is 1. The number of non-ortho nitro benzene ring substituents is 1. The van der Waals surface area contributed by atoms with Gasteiger partial charge in [0.1, 0.15) is 0 Å². The summed E-state index contributed by atoms with van der Waals surface area (Å²) >= 11 is 5.85. The average molecular weight is 281 g/mol. The number of aryl methyl sites for hydroxylation is 1. The number of nitrogens with zero attached hydrogens (tertiary/aromatic N) is 3. The Morgan fingerprint density at radius 1 is 1.47 bits per heavy atom.